The molecule has 1 N–H and O–H groups in total. The molecule has 0 atom stereocenters. The summed E-state index contributed by atoms with van der Waals surface area (Å²) in [5.41, 5.74) is 0. The Balaban J connectivity index is 1.97. The smallest absolute Gasteiger partial charge is 0.306 e. The van der Waals surface area contributed by atoms with Crippen LogP contribution in [0.2, 0.25) is 0 Å². The predicted molar refractivity (Wildman–Crippen MR) is 78.8 cm³/mol. The summed E-state index contributed by atoms with van der Waals surface area (Å²) >= 11 is 0. The Hall–Kier alpha value is -0.750. The largest absolute Gasteiger partial charge is 0.481 e. The lowest BCUT2D eigenvalue weighted by Crippen LogP contribution is -2.55. The highest BCUT2D eigenvalue weighted by molar-refractivity contribution is 7.88. The van der Waals surface area contributed by atoms with E-state index in [9.17, 15) is 21.6 Å². The molecule has 11 heteroatoms. The number of rotatable bonds is 4. The molecule has 2 aliphatic heterocycles. The van der Waals surface area contributed by atoms with Crippen LogP contribution in [0.15, 0.2) is 0 Å². The van der Waals surface area contributed by atoms with Gasteiger partial charge in [0, 0.05) is 39.3 Å². The zero-order valence-corrected chi connectivity index (χ0v) is 14.0. The Bertz CT molecular complexity index is 616. The van der Waals surface area contributed by atoms with Gasteiger partial charge in [-0.25, -0.2) is 8.42 Å². The Morgan fingerprint density at radius 3 is 1.68 bits per heavy atom. The second-order valence-corrected chi connectivity index (χ2v) is 9.49. The van der Waals surface area contributed by atoms with Gasteiger partial charge in [-0.1, -0.05) is 0 Å². The van der Waals surface area contributed by atoms with Crippen LogP contribution in [-0.2, 0) is 25.0 Å². The van der Waals surface area contributed by atoms with E-state index in [0.29, 0.717) is 12.8 Å². The second kappa shape index (κ2) is 6.40. The minimum atomic E-state index is -3.65. The van der Waals surface area contributed by atoms with Crippen molar-refractivity contribution in [3.63, 3.8) is 0 Å². The fraction of sp³-hybridized carbons (Fsp3) is 0.909. The van der Waals surface area contributed by atoms with Crippen molar-refractivity contribution < 1.29 is 26.7 Å². The van der Waals surface area contributed by atoms with Crippen molar-refractivity contribution in [2.24, 2.45) is 5.92 Å². The third kappa shape index (κ3) is 3.77. The minimum Gasteiger partial charge on any atom is -0.481 e. The average Bonchev–Trinajstić information content (AvgIpc) is 2.46. The number of nitrogens with zero attached hydrogens (tertiary/aromatic N) is 3. The number of hydrogen-bond acceptors (Lipinski definition) is 5. The summed E-state index contributed by atoms with van der Waals surface area (Å²) in [7, 11) is -6.95. The molecule has 2 aliphatic rings. The van der Waals surface area contributed by atoms with Gasteiger partial charge in [-0.2, -0.15) is 21.3 Å². The van der Waals surface area contributed by atoms with Crippen LogP contribution in [0.1, 0.15) is 12.8 Å². The molecular weight excluding hydrogens is 334 g/mol. The van der Waals surface area contributed by atoms with Gasteiger partial charge in [-0.3, -0.25) is 4.79 Å². The molecule has 0 aromatic rings. The summed E-state index contributed by atoms with van der Waals surface area (Å²) in [6.07, 6.45) is 1.71. The molecule has 0 aromatic heterocycles. The van der Waals surface area contributed by atoms with Crippen LogP contribution in [0, 0.1) is 5.92 Å². The molecule has 2 saturated heterocycles. The highest BCUT2D eigenvalue weighted by Gasteiger charge is 2.37. The van der Waals surface area contributed by atoms with Gasteiger partial charge in [0.1, 0.15) is 0 Å². The van der Waals surface area contributed by atoms with E-state index in [4.69, 9.17) is 5.11 Å². The lowest BCUT2D eigenvalue weighted by molar-refractivity contribution is -0.142. The zero-order chi connectivity index (χ0) is 16.5. The maximum atomic E-state index is 12.5. The topological polar surface area (TPSA) is 115 Å². The summed E-state index contributed by atoms with van der Waals surface area (Å²) in [4.78, 5) is 10.9. The fourth-order valence-electron chi connectivity index (χ4n) is 2.73. The maximum absolute atomic E-state index is 12.5. The Kier molecular flexibility index (Phi) is 5.12. The van der Waals surface area contributed by atoms with E-state index in [-0.39, 0.29) is 39.3 Å². The first kappa shape index (κ1) is 17.6. The van der Waals surface area contributed by atoms with Crippen LogP contribution in [0.25, 0.3) is 0 Å². The Morgan fingerprint density at radius 1 is 0.864 bits per heavy atom. The molecule has 0 unspecified atom stereocenters. The fourth-order valence-corrected chi connectivity index (χ4v) is 5.18. The highest BCUT2D eigenvalue weighted by atomic mass is 32.2. The number of sulfonamides is 1. The number of piperidine rings is 1. The summed E-state index contributed by atoms with van der Waals surface area (Å²) < 4.78 is 51.7. The molecule has 2 rings (SSSR count). The van der Waals surface area contributed by atoms with E-state index in [2.05, 4.69) is 0 Å². The van der Waals surface area contributed by atoms with Crippen LogP contribution in [0.5, 0.6) is 0 Å². The molecule has 0 aromatic carbocycles. The summed E-state index contributed by atoms with van der Waals surface area (Å²) in [5, 5.41) is 8.94. The van der Waals surface area contributed by atoms with E-state index in [1.807, 2.05) is 0 Å². The highest BCUT2D eigenvalue weighted by Crippen LogP contribution is 2.22. The molecule has 22 heavy (non-hydrogen) atoms. The first-order valence-electron chi connectivity index (χ1n) is 7.05. The monoisotopic (exact) mass is 355 g/mol. The Labute approximate surface area is 130 Å². The van der Waals surface area contributed by atoms with Crippen LogP contribution >= 0.6 is 0 Å². The van der Waals surface area contributed by atoms with Gasteiger partial charge in [0.05, 0.1) is 12.2 Å². The van der Waals surface area contributed by atoms with Crippen molar-refractivity contribution in [2.45, 2.75) is 12.8 Å². The third-order valence-electron chi connectivity index (χ3n) is 4.12. The molecule has 0 spiro atoms. The standard InChI is InChI=1S/C11H21N3O6S2/c1-21(17,18)12-6-8-14(9-7-12)22(19,20)13-4-2-10(3-5-13)11(15)16/h10H,2-9H2,1H3,(H,15,16). The van der Waals surface area contributed by atoms with E-state index in [0.717, 1.165) is 6.26 Å². The van der Waals surface area contributed by atoms with Crippen LogP contribution < -0.4 is 0 Å². The van der Waals surface area contributed by atoms with Gasteiger partial charge in [-0.15, -0.1) is 0 Å². The molecule has 128 valence electrons. The number of carbonyl (C=O) groups is 1. The number of hydrogen-bond donors (Lipinski definition) is 1. The molecule has 0 amide bonds. The van der Waals surface area contributed by atoms with Crippen molar-refractivity contribution in [1.82, 2.24) is 12.9 Å². The summed E-state index contributed by atoms with van der Waals surface area (Å²) in [6, 6.07) is 0. The van der Waals surface area contributed by atoms with Crippen molar-refractivity contribution in [2.75, 3.05) is 45.5 Å². The van der Waals surface area contributed by atoms with E-state index in [1.54, 1.807) is 0 Å². The van der Waals surface area contributed by atoms with Gasteiger partial charge in [-0.05, 0) is 12.8 Å². The normalized spacial score (nSPS) is 24.4. The van der Waals surface area contributed by atoms with Crippen LogP contribution in [0.4, 0.5) is 0 Å². The SMILES string of the molecule is CS(=O)(=O)N1CCN(S(=O)(=O)N2CCC(C(=O)O)CC2)CC1. The Morgan fingerprint density at radius 2 is 1.27 bits per heavy atom. The van der Waals surface area contributed by atoms with E-state index in [1.165, 1.54) is 12.9 Å². The lowest BCUT2D eigenvalue weighted by Gasteiger charge is -2.37. The zero-order valence-electron chi connectivity index (χ0n) is 12.4. The molecule has 0 bridgehead atoms. The van der Waals surface area contributed by atoms with Gasteiger partial charge in [0.2, 0.25) is 10.0 Å². The first-order chi connectivity index (χ1) is 10.1. The van der Waals surface area contributed by atoms with Gasteiger partial charge < -0.3 is 5.11 Å². The summed E-state index contributed by atoms with van der Waals surface area (Å²) in [6.45, 7) is 0.896. The number of aliphatic carboxylic acids is 1. The second-order valence-electron chi connectivity index (χ2n) is 5.58. The van der Waals surface area contributed by atoms with Crippen LogP contribution in [0.3, 0.4) is 0 Å². The van der Waals surface area contributed by atoms with E-state index < -0.39 is 32.1 Å². The molecule has 2 heterocycles. The molecule has 2 fully saturated rings. The molecular formula is C11H21N3O6S2. The number of piperazine rings is 1. The first-order valence-corrected chi connectivity index (χ1v) is 10.3. The molecule has 9 nitrogen and oxygen atoms in total. The van der Waals surface area contributed by atoms with Gasteiger partial charge >= 0.3 is 5.97 Å². The van der Waals surface area contributed by atoms with Gasteiger partial charge in [0.15, 0.2) is 0 Å². The maximum Gasteiger partial charge on any atom is 0.306 e. The van der Waals surface area contributed by atoms with Crippen molar-refractivity contribution in [3.05, 3.63) is 0 Å². The lowest BCUT2D eigenvalue weighted by atomic mass is 9.99. The van der Waals surface area contributed by atoms with Crippen molar-refractivity contribution in [3.8, 4) is 0 Å². The number of carboxylic acids is 1. The molecule has 0 saturated carbocycles. The quantitative estimate of drug-likeness (QED) is 0.663. The summed E-state index contributed by atoms with van der Waals surface area (Å²) in [5.74, 6) is -1.38. The van der Waals surface area contributed by atoms with Crippen LogP contribution in [-0.4, -0.2) is 86.4 Å². The predicted octanol–water partition coefficient (Wildman–Crippen LogP) is -1.39. The molecule has 0 aliphatic carbocycles. The number of carboxylic acid groups (broad SMARTS) is 1. The van der Waals surface area contributed by atoms with Crippen molar-refractivity contribution >= 4 is 26.2 Å². The van der Waals surface area contributed by atoms with Crippen molar-refractivity contribution in [1.29, 1.82) is 0 Å². The minimum absolute atomic E-state index is 0.119. The van der Waals surface area contributed by atoms with Gasteiger partial charge in [0.25, 0.3) is 10.2 Å². The average molecular weight is 355 g/mol. The molecule has 0 radical (unpaired) electrons. The van der Waals surface area contributed by atoms with E-state index >= 15 is 0 Å². The third-order valence-corrected chi connectivity index (χ3v) is 7.46.